The summed E-state index contributed by atoms with van der Waals surface area (Å²) in [6, 6.07) is 0. The first-order valence-corrected chi connectivity index (χ1v) is 2.90. The van der Waals surface area contributed by atoms with E-state index in [1.54, 1.807) is 0 Å². The van der Waals surface area contributed by atoms with Crippen LogP contribution >= 0.6 is 0 Å². The molecule has 1 aliphatic rings. The van der Waals surface area contributed by atoms with Crippen LogP contribution in [0.1, 0.15) is 12.8 Å². The van der Waals surface area contributed by atoms with Crippen molar-refractivity contribution in [3.05, 3.63) is 10.4 Å². The van der Waals surface area contributed by atoms with Crippen molar-refractivity contribution in [3.63, 3.8) is 0 Å². The van der Waals surface area contributed by atoms with Crippen molar-refractivity contribution in [3.8, 4) is 0 Å². The quantitative estimate of drug-likeness (QED) is 0.180. The molecular weight excluding hydrogens is 145 g/mol. The zero-order chi connectivity index (χ0) is 6.69. The molecule has 0 saturated carbocycles. The van der Waals surface area contributed by atoms with Gasteiger partial charge >= 0.3 is 29.6 Å². The van der Waals surface area contributed by atoms with Crippen LogP contribution in [0.15, 0.2) is 5.28 Å². The predicted octanol–water partition coefficient (Wildman–Crippen LogP) is -2.54. The summed E-state index contributed by atoms with van der Waals surface area (Å²) in [6.45, 7) is 1.32. The average molecular weight is 153 g/mol. The molecule has 1 rings (SSSR count). The van der Waals surface area contributed by atoms with Gasteiger partial charge in [-0.15, -0.1) is 5.01 Å². The van der Waals surface area contributed by atoms with Gasteiger partial charge in [0, 0.05) is 4.97 Å². The first-order chi connectivity index (χ1) is 4.34. The SMILES string of the molecule is [Na+].[O-]/N=[N+](/[O-])N1CCCC1. The molecule has 6 heteroatoms. The Morgan fingerprint density at radius 1 is 1.30 bits per heavy atom. The maximum atomic E-state index is 10.4. The molecule has 1 saturated heterocycles. The van der Waals surface area contributed by atoms with Crippen molar-refractivity contribution in [1.82, 2.24) is 5.01 Å². The molecule has 0 aromatic carbocycles. The van der Waals surface area contributed by atoms with Gasteiger partial charge in [-0.25, -0.2) is 0 Å². The fourth-order valence-corrected chi connectivity index (χ4v) is 0.923. The van der Waals surface area contributed by atoms with Crippen LogP contribution in [-0.4, -0.2) is 23.1 Å². The molecule has 0 amide bonds. The van der Waals surface area contributed by atoms with E-state index in [0.717, 1.165) is 12.8 Å². The van der Waals surface area contributed by atoms with Crippen LogP contribution in [-0.2, 0) is 0 Å². The number of rotatable bonds is 1. The summed E-state index contributed by atoms with van der Waals surface area (Å²) in [5, 5.41) is 23.6. The van der Waals surface area contributed by atoms with E-state index < -0.39 is 0 Å². The molecule has 52 valence electrons. The average Bonchev–Trinajstić information content (AvgIpc) is 2.37. The van der Waals surface area contributed by atoms with Gasteiger partial charge in [-0.2, -0.15) is 0 Å². The Bertz CT molecular complexity index is 124. The van der Waals surface area contributed by atoms with Crippen LogP contribution in [0.5, 0.6) is 0 Å². The van der Waals surface area contributed by atoms with Gasteiger partial charge in [0.25, 0.3) is 0 Å². The Labute approximate surface area is 81.1 Å². The molecule has 0 radical (unpaired) electrons. The molecule has 1 heterocycles. The Kier molecular flexibility index (Phi) is 4.76. The van der Waals surface area contributed by atoms with Gasteiger partial charge in [0.2, 0.25) is 0 Å². The number of hydrazine groups is 1. The summed E-state index contributed by atoms with van der Waals surface area (Å²) in [5.74, 6) is 0. The predicted molar refractivity (Wildman–Crippen MR) is 30.2 cm³/mol. The summed E-state index contributed by atoms with van der Waals surface area (Å²) >= 11 is 0. The van der Waals surface area contributed by atoms with Gasteiger partial charge in [0.15, 0.2) is 0 Å². The molecule has 0 aromatic heterocycles. The first kappa shape index (κ1) is 10.0. The first-order valence-electron chi connectivity index (χ1n) is 2.90. The van der Waals surface area contributed by atoms with Crippen LogP contribution in [0.3, 0.4) is 0 Å². The van der Waals surface area contributed by atoms with Crippen molar-refractivity contribution in [2.75, 3.05) is 13.1 Å². The Balaban J connectivity index is 0.000000810. The van der Waals surface area contributed by atoms with E-state index in [1.807, 2.05) is 0 Å². The van der Waals surface area contributed by atoms with E-state index in [2.05, 4.69) is 5.28 Å². The van der Waals surface area contributed by atoms with Gasteiger partial charge in [-0.3, -0.25) is 0 Å². The van der Waals surface area contributed by atoms with Crippen LogP contribution in [0.2, 0.25) is 0 Å². The van der Waals surface area contributed by atoms with Crippen molar-refractivity contribution < 1.29 is 34.5 Å². The Morgan fingerprint density at radius 3 is 2.20 bits per heavy atom. The molecule has 5 nitrogen and oxygen atoms in total. The molecule has 1 aliphatic heterocycles. The van der Waals surface area contributed by atoms with Crippen LogP contribution in [0, 0.1) is 10.4 Å². The minimum atomic E-state index is 0. The molecule has 10 heavy (non-hydrogen) atoms. The summed E-state index contributed by atoms with van der Waals surface area (Å²) in [4.78, 5) is 0.118. The topological polar surface area (TPSA) is 64.7 Å². The monoisotopic (exact) mass is 153 g/mol. The summed E-state index contributed by atoms with van der Waals surface area (Å²) in [6.07, 6.45) is 1.96. The summed E-state index contributed by atoms with van der Waals surface area (Å²) in [5.41, 5.74) is 0. The normalized spacial score (nSPS) is 18.8. The Morgan fingerprint density at radius 2 is 1.80 bits per heavy atom. The summed E-state index contributed by atoms with van der Waals surface area (Å²) in [7, 11) is 0. The second kappa shape index (κ2) is 4.76. The fraction of sp³-hybridized carbons (Fsp3) is 1.00. The second-order valence-corrected chi connectivity index (χ2v) is 2.00. The van der Waals surface area contributed by atoms with Gasteiger partial charge in [0.05, 0.1) is 13.1 Å². The molecule has 0 aliphatic carbocycles. The molecule has 0 N–H and O–H groups in total. The number of hydrogen-bond donors (Lipinski definition) is 0. The molecule has 0 bridgehead atoms. The number of nitrogens with zero attached hydrogens (tertiary/aromatic N) is 3. The zero-order valence-corrected chi connectivity index (χ0v) is 7.99. The van der Waals surface area contributed by atoms with Gasteiger partial charge in [0.1, 0.15) is 0 Å². The third-order valence-corrected chi connectivity index (χ3v) is 1.39. The molecule has 0 spiro atoms. The van der Waals surface area contributed by atoms with E-state index in [4.69, 9.17) is 0 Å². The Hall–Kier alpha value is 0.0000000000000000555. The van der Waals surface area contributed by atoms with Crippen molar-refractivity contribution in [1.29, 1.82) is 0 Å². The third kappa shape index (κ3) is 2.32. The van der Waals surface area contributed by atoms with Crippen LogP contribution in [0.4, 0.5) is 0 Å². The maximum Gasteiger partial charge on any atom is 1.00 e. The molecule has 1 fully saturated rings. The third-order valence-electron chi connectivity index (χ3n) is 1.39. The maximum absolute atomic E-state index is 10.4. The van der Waals surface area contributed by atoms with E-state index in [1.165, 1.54) is 5.01 Å². The number of hydrogen-bond acceptors (Lipinski definition) is 3. The molecule has 0 atom stereocenters. The standard InChI is InChI=1S/C4H9N3O2.Na/c8-5-7(9)6-3-1-2-4-6;/h8H,1-4H2;/q;+1/p-1/b7-5+;. The van der Waals surface area contributed by atoms with Crippen molar-refractivity contribution >= 4 is 0 Å². The van der Waals surface area contributed by atoms with E-state index >= 15 is 0 Å². The van der Waals surface area contributed by atoms with E-state index in [0.29, 0.717) is 13.1 Å². The van der Waals surface area contributed by atoms with E-state index in [9.17, 15) is 10.4 Å². The second-order valence-electron chi connectivity index (χ2n) is 2.00. The van der Waals surface area contributed by atoms with Crippen molar-refractivity contribution in [2.45, 2.75) is 12.8 Å². The van der Waals surface area contributed by atoms with Gasteiger partial charge in [-0.05, 0) is 18.1 Å². The minimum Gasteiger partial charge on any atom is -0.737 e. The van der Waals surface area contributed by atoms with E-state index in [-0.39, 0.29) is 34.5 Å². The molecular formula is C4H8N3NaO2. The smallest absolute Gasteiger partial charge is 0.737 e. The minimum absolute atomic E-state index is 0. The fourth-order valence-electron chi connectivity index (χ4n) is 0.923. The van der Waals surface area contributed by atoms with Gasteiger partial charge in [-0.1, -0.05) is 0 Å². The zero-order valence-electron chi connectivity index (χ0n) is 5.99. The molecule has 0 unspecified atom stereocenters. The van der Waals surface area contributed by atoms with Crippen LogP contribution < -0.4 is 29.6 Å². The largest absolute Gasteiger partial charge is 1.00 e. The van der Waals surface area contributed by atoms with Crippen molar-refractivity contribution in [2.24, 2.45) is 5.28 Å². The molecule has 0 aromatic rings. The summed E-state index contributed by atoms with van der Waals surface area (Å²) < 4.78 is 0. The van der Waals surface area contributed by atoms with Gasteiger partial charge < -0.3 is 10.4 Å². The van der Waals surface area contributed by atoms with Crippen LogP contribution in [0.25, 0.3) is 0 Å².